The number of benzene rings is 2. The van der Waals surface area contributed by atoms with Gasteiger partial charge in [0.15, 0.2) is 6.61 Å². The molecule has 9 heteroatoms. The van der Waals surface area contributed by atoms with E-state index in [0.29, 0.717) is 10.2 Å². The Morgan fingerprint density at radius 1 is 1.11 bits per heavy atom. The van der Waals surface area contributed by atoms with Crippen molar-refractivity contribution in [1.82, 2.24) is 4.47 Å². The van der Waals surface area contributed by atoms with E-state index in [1.165, 1.54) is 32.4 Å². The first-order valence-electron chi connectivity index (χ1n) is 8.47. The summed E-state index contributed by atoms with van der Waals surface area (Å²) in [4.78, 5) is 28.8. The Bertz CT molecular complexity index is 958. The van der Waals surface area contributed by atoms with Crippen LogP contribution in [0.2, 0.25) is 0 Å². The topological polar surface area (TPSA) is 102 Å². The van der Waals surface area contributed by atoms with Crippen molar-refractivity contribution in [3.05, 3.63) is 59.7 Å². The van der Waals surface area contributed by atoms with Crippen molar-refractivity contribution in [2.24, 2.45) is 0 Å². The Hall–Kier alpha value is -2.75. The second-order valence-corrected chi connectivity index (χ2v) is 7.70. The highest BCUT2D eigenvalue weighted by molar-refractivity contribution is 7.89. The molecular formula is C19H22N2O6S. The largest absolute Gasteiger partial charge is 0.452 e. The number of carbonyl (C=O) groups excluding carboxylic acids is 2. The minimum absolute atomic E-state index is 0.00679. The maximum Gasteiger partial charge on any atom is 0.338 e. The Balaban J connectivity index is 2.03. The van der Waals surface area contributed by atoms with Crippen LogP contribution in [-0.2, 0) is 30.8 Å². The van der Waals surface area contributed by atoms with Crippen LogP contribution in [0, 0.1) is 0 Å². The van der Waals surface area contributed by atoms with Gasteiger partial charge in [0.25, 0.3) is 15.9 Å². The fraction of sp³-hybridized carbons (Fsp3) is 0.263. The van der Waals surface area contributed by atoms with Crippen LogP contribution in [0.25, 0.3) is 0 Å². The summed E-state index contributed by atoms with van der Waals surface area (Å²) in [7, 11) is -1.45. The fourth-order valence-electron chi connectivity index (χ4n) is 2.38. The zero-order chi connectivity index (χ0) is 20.7. The lowest BCUT2D eigenvalue weighted by Crippen LogP contribution is -2.26. The highest BCUT2D eigenvalue weighted by Gasteiger charge is 2.22. The Kier molecular flexibility index (Phi) is 7.27. The van der Waals surface area contributed by atoms with E-state index in [1.807, 2.05) is 19.1 Å². The number of nitrogens with one attached hydrogen (secondary N) is 1. The lowest BCUT2D eigenvalue weighted by molar-refractivity contribution is -0.119. The SMILES string of the molecule is CCc1ccccc1NC(=O)COC(=O)c1cccc(S(=O)(=O)N(C)OC)c1. The van der Waals surface area contributed by atoms with Gasteiger partial charge in [0, 0.05) is 12.7 Å². The molecule has 8 nitrogen and oxygen atoms in total. The number of amides is 1. The van der Waals surface area contributed by atoms with Gasteiger partial charge in [-0.05, 0) is 36.2 Å². The smallest absolute Gasteiger partial charge is 0.338 e. The molecule has 0 aromatic heterocycles. The summed E-state index contributed by atoms with van der Waals surface area (Å²) in [6, 6.07) is 12.6. The van der Waals surface area contributed by atoms with Crippen LogP contribution < -0.4 is 5.32 Å². The molecular weight excluding hydrogens is 384 g/mol. The van der Waals surface area contributed by atoms with Crippen LogP contribution in [0.3, 0.4) is 0 Å². The van der Waals surface area contributed by atoms with E-state index >= 15 is 0 Å². The number of carbonyl (C=O) groups is 2. The minimum Gasteiger partial charge on any atom is -0.452 e. The third-order valence-electron chi connectivity index (χ3n) is 3.97. The van der Waals surface area contributed by atoms with Crippen molar-refractivity contribution in [1.29, 1.82) is 0 Å². The molecule has 0 saturated carbocycles. The molecule has 0 aliphatic rings. The number of sulfonamides is 1. The van der Waals surface area contributed by atoms with Gasteiger partial charge in [-0.2, -0.15) is 0 Å². The number of esters is 1. The predicted molar refractivity (Wildman–Crippen MR) is 103 cm³/mol. The number of para-hydroxylation sites is 1. The lowest BCUT2D eigenvalue weighted by atomic mass is 10.1. The molecule has 0 aliphatic heterocycles. The predicted octanol–water partition coefficient (Wildman–Crippen LogP) is 2.23. The van der Waals surface area contributed by atoms with Gasteiger partial charge in [-0.15, -0.1) is 0 Å². The molecule has 2 aromatic carbocycles. The summed E-state index contributed by atoms with van der Waals surface area (Å²) in [5.41, 5.74) is 1.62. The first-order chi connectivity index (χ1) is 13.3. The van der Waals surface area contributed by atoms with Crippen LogP contribution >= 0.6 is 0 Å². The first-order valence-corrected chi connectivity index (χ1v) is 9.91. The van der Waals surface area contributed by atoms with E-state index in [-0.39, 0.29) is 10.5 Å². The standard InChI is InChI=1S/C19H22N2O6S/c1-4-14-8-5-6-11-17(14)20-18(22)13-27-19(23)15-9-7-10-16(12-15)28(24,25)21(2)26-3/h5-12H,4,13H2,1-3H3,(H,20,22). The molecule has 28 heavy (non-hydrogen) atoms. The molecule has 0 aliphatic carbocycles. The van der Waals surface area contributed by atoms with E-state index < -0.39 is 28.5 Å². The number of anilines is 1. The number of hydrogen-bond donors (Lipinski definition) is 1. The Labute approximate surface area is 164 Å². The zero-order valence-corrected chi connectivity index (χ0v) is 16.7. The quantitative estimate of drug-likeness (QED) is 0.533. The molecule has 0 spiro atoms. The maximum atomic E-state index is 12.3. The second kappa shape index (κ2) is 9.45. The van der Waals surface area contributed by atoms with Crippen molar-refractivity contribution >= 4 is 27.6 Å². The van der Waals surface area contributed by atoms with Gasteiger partial charge < -0.3 is 10.1 Å². The van der Waals surface area contributed by atoms with Gasteiger partial charge in [0.05, 0.1) is 17.6 Å². The number of nitrogens with zero attached hydrogens (tertiary/aromatic N) is 1. The highest BCUT2D eigenvalue weighted by atomic mass is 32.2. The number of hydrogen-bond acceptors (Lipinski definition) is 6. The molecule has 1 amide bonds. The summed E-state index contributed by atoms with van der Waals surface area (Å²) < 4.78 is 30.2. The molecule has 0 saturated heterocycles. The number of aryl methyl sites for hydroxylation is 1. The van der Waals surface area contributed by atoms with Crippen molar-refractivity contribution in [2.75, 3.05) is 26.1 Å². The molecule has 2 aromatic rings. The Morgan fingerprint density at radius 3 is 2.50 bits per heavy atom. The molecule has 2 rings (SSSR count). The number of hydroxylamine groups is 1. The van der Waals surface area contributed by atoms with Crippen LogP contribution in [0.1, 0.15) is 22.8 Å². The maximum absolute atomic E-state index is 12.3. The molecule has 0 heterocycles. The van der Waals surface area contributed by atoms with Gasteiger partial charge >= 0.3 is 5.97 Å². The van der Waals surface area contributed by atoms with E-state index in [4.69, 9.17) is 9.57 Å². The van der Waals surface area contributed by atoms with Crippen LogP contribution in [0.5, 0.6) is 0 Å². The van der Waals surface area contributed by atoms with Gasteiger partial charge in [-0.3, -0.25) is 9.63 Å². The summed E-state index contributed by atoms with van der Waals surface area (Å²) in [5.74, 6) is -1.30. The van der Waals surface area contributed by atoms with Gasteiger partial charge in [-0.25, -0.2) is 13.2 Å². The summed E-state index contributed by atoms with van der Waals surface area (Å²) in [6.07, 6.45) is 0.743. The van der Waals surface area contributed by atoms with Gasteiger partial charge in [0.2, 0.25) is 0 Å². The van der Waals surface area contributed by atoms with E-state index in [2.05, 4.69) is 5.32 Å². The normalized spacial score (nSPS) is 11.3. The molecule has 1 N–H and O–H groups in total. The van der Waals surface area contributed by atoms with Crippen LogP contribution in [-0.4, -0.2) is 45.5 Å². The molecule has 0 fully saturated rings. The van der Waals surface area contributed by atoms with E-state index in [0.717, 1.165) is 18.1 Å². The Morgan fingerprint density at radius 2 is 1.82 bits per heavy atom. The van der Waals surface area contributed by atoms with Gasteiger partial charge in [-0.1, -0.05) is 35.7 Å². The molecule has 150 valence electrons. The summed E-state index contributed by atoms with van der Waals surface area (Å²) >= 11 is 0. The van der Waals surface area contributed by atoms with Crippen LogP contribution in [0.4, 0.5) is 5.69 Å². The second-order valence-electron chi connectivity index (χ2n) is 5.76. The van der Waals surface area contributed by atoms with Crippen molar-refractivity contribution in [3.8, 4) is 0 Å². The van der Waals surface area contributed by atoms with Crippen molar-refractivity contribution < 1.29 is 27.6 Å². The molecule has 0 atom stereocenters. The molecule has 0 radical (unpaired) electrons. The minimum atomic E-state index is -3.90. The van der Waals surface area contributed by atoms with E-state index in [1.54, 1.807) is 12.1 Å². The lowest BCUT2D eigenvalue weighted by Gasteiger charge is -2.14. The number of ether oxygens (including phenoxy) is 1. The average Bonchev–Trinajstić information content (AvgIpc) is 2.71. The summed E-state index contributed by atoms with van der Waals surface area (Å²) in [6.45, 7) is 1.47. The van der Waals surface area contributed by atoms with E-state index in [9.17, 15) is 18.0 Å². The summed E-state index contributed by atoms with van der Waals surface area (Å²) in [5, 5.41) is 2.69. The fourth-order valence-corrected chi connectivity index (χ4v) is 3.40. The van der Waals surface area contributed by atoms with Gasteiger partial charge in [0.1, 0.15) is 0 Å². The average molecular weight is 406 g/mol. The third-order valence-corrected chi connectivity index (χ3v) is 5.65. The number of rotatable bonds is 8. The van der Waals surface area contributed by atoms with Crippen LogP contribution in [0.15, 0.2) is 53.4 Å². The molecule has 0 unspecified atom stereocenters. The molecule has 0 bridgehead atoms. The third kappa shape index (κ3) is 5.16. The zero-order valence-electron chi connectivity index (χ0n) is 15.8. The monoisotopic (exact) mass is 406 g/mol. The van der Waals surface area contributed by atoms with Crippen molar-refractivity contribution in [3.63, 3.8) is 0 Å². The first kappa shape index (κ1) is 21.5. The highest BCUT2D eigenvalue weighted by Crippen LogP contribution is 2.17. The van der Waals surface area contributed by atoms with Crippen molar-refractivity contribution in [2.45, 2.75) is 18.2 Å².